The zero-order valence-electron chi connectivity index (χ0n) is 17.0. The maximum absolute atomic E-state index is 12.7. The van der Waals surface area contributed by atoms with Gasteiger partial charge in [0.15, 0.2) is 0 Å². The van der Waals surface area contributed by atoms with Crippen LogP contribution in [-0.2, 0) is 10.0 Å². The number of sulfonamides is 1. The molecule has 3 rings (SSSR count). The van der Waals surface area contributed by atoms with E-state index in [9.17, 15) is 23.3 Å². The molecule has 0 bridgehead atoms. The number of methoxy groups -OCH3 is 1. The van der Waals surface area contributed by atoms with Crippen LogP contribution < -0.4 is 14.8 Å². The summed E-state index contributed by atoms with van der Waals surface area (Å²) >= 11 is 5.98. The van der Waals surface area contributed by atoms with Gasteiger partial charge >= 0.3 is 0 Å². The molecule has 3 aromatic carbocycles. The second-order valence-corrected chi connectivity index (χ2v) is 8.80. The van der Waals surface area contributed by atoms with Crippen molar-refractivity contribution in [3.63, 3.8) is 0 Å². The van der Waals surface area contributed by atoms with Gasteiger partial charge in [0.05, 0.1) is 33.2 Å². The number of amides is 1. The van der Waals surface area contributed by atoms with E-state index >= 15 is 0 Å². The molecule has 0 saturated heterocycles. The van der Waals surface area contributed by atoms with E-state index in [0.717, 1.165) is 11.6 Å². The molecule has 166 valence electrons. The van der Waals surface area contributed by atoms with Crippen LogP contribution in [0.1, 0.15) is 15.9 Å². The van der Waals surface area contributed by atoms with Gasteiger partial charge in [0, 0.05) is 17.8 Å². The summed E-state index contributed by atoms with van der Waals surface area (Å²) in [5.74, 6) is -0.297. The number of nitrogens with one attached hydrogen (secondary N) is 2. The third kappa shape index (κ3) is 5.16. The Morgan fingerprint density at radius 2 is 1.75 bits per heavy atom. The zero-order valence-corrected chi connectivity index (χ0v) is 18.5. The minimum atomic E-state index is -3.92. The SMILES string of the molecule is COc1ccc(C)cc1NS(=O)(=O)c1ccc(NC(=O)c2cc([N+](=O)[O-])ccc2Cl)cc1. The smallest absolute Gasteiger partial charge is 0.270 e. The van der Waals surface area contributed by atoms with Gasteiger partial charge in [-0.25, -0.2) is 8.42 Å². The fourth-order valence-electron chi connectivity index (χ4n) is 2.82. The largest absolute Gasteiger partial charge is 0.495 e. The highest BCUT2D eigenvalue weighted by atomic mass is 35.5. The highest BCUT2D eigenvalue weighted by Gasteiger charge is 2.19. The number of aryl methyl sites for hydroxylation is 1. The quantitative estimate of drug-likeness (QED) is 0.379. The highest BCUT2D eigenvalue weighted by Crippen LogP contribution is 2.28. The van der Waals surface area contributed by atoms with Crippen LogP contribution in [0.2, 0.25) is 5.02 Å². The van der Waals surface area contributed by atoms with Crippen LogP contribution in [0.5, 0.6) is 5.75 Å². The van der Waals surface area contributed by atoms with Crippen LogP contribution in [0.25, 0.3) is 0 Å². The lowest BCUT2D eigenvalue weighted by Gasteiger charge is -2.13. The summed E-state index contributed by atoms with van der Waals surface area (Å²) in [7, 11) is -2.48. The molecule has 0 aliphatic heterocycles. The minimum Gasteiger partial charge on any atom is -0.495 e. The van der Waals surface area contributed by atoms with Crippen molar-refractivity contribution in [2.45, 2.75) is 11.8 Å². The second kappa shape index (κ2) is 9.25. The molecule has 0 unspecified atom stereocenters. The molecule has 0 radical (unpaired) electrons. The van der Waals surface area contributed by atoms with Crippen molar-refractivity contribution in [1.29, 1.82) is 0 Å². The van der Waals surface area contributed by atoms with Gasteiger partial charge in [0.1, 0.15) is 5.75 Å². The molecule has 1 amide bonds. The number of rotatable bonds is 7. The number of ether oxygens (including phenoxy) is 1. The first-order valence-corrected chi connectivity index (χ1v) is 11.0. The van der Waals surface area contributed by atoms with Crippen LogP contribution in [0.3, 0.4) is 0 Å². The Balaban J connectivity index is 1.79. The average Bonchev–Trinajstić information content (AvgIpc) is 2.74. The lowest BCUT2D eigenvalue weighted by molar-refractivity contribution is -0.384. The van der Waals surface area contributed by atoms with Crippen LogP contribution in [0, 0.1) is 17.0 Å². The fourth-order valence-corrected chi connectivity index (χ4v) is 4.09. The van der Waals surface area contributed by atoms with E-state index in [-0.39, 0.29) is 26.9 Å². The first-order chi connectivity index (χ1) is 15.1. The lowest BCUT2D eigenvalue weighted by Crippen LogP contribution is -2.15. The monoisotopic (exact) mass is 475 g/mol. The van der Waals surface area contributed by atoms with Crippen molar-refractivity contribution < 1.29 is 22.9 Å². The molecule has 0 aliphatic rings. The summed E-state index contributed by atoms with van der Waals surface area (Å²) < 4.78 is 33.2. The Hall–Kier alpha value is -3.63. The number of anilines is 2. The third-order valence-electron chi connectivity index (χ3n) is 4.43. The van der Waals surface area contributed by atoms with E-state index in [1.54, 1.807) is 18.2 Å². The maximum Gasteiger partial charge on any atom is 0.270 e. The number of nitro benzene ring substituents is 1. The molecule has 0 atom stereocenters. The first kappa shape index (κ1) is 23.0. The number of hydrogen-bond acceptors (Lipinski definition) is 6. The molecule has 0 spiro atoms. The number of benzene rings is 3. The molecular weight excluding hydrogens is 458 g/mol. The number of nitro groups is 1. The summed E-state index contributed by atoms with van der Waals surface area (Å²) in [4.78, 5) is 22.7. The lowest BCUT2D eigenvalue weighted by atomic mass is 10.2. The Bertz CT molecular complexity index is 1290. The van der Waals surface area contributed by atoms with E-state index in [0.29, 0.717) is 11.4 Å². The van der Waals surface area contributed by atoms with E-state index in [4.69, 9.17) is 16.3 Å². The van der Waals surface area contributed by atoms with Gasteiger partial charge in [-0.2, -0.15) is 0 Å². The first-order valence-electron chi connectivity index (χ1n) is 9.13. The molecule has 11 heteroatoms. The predicted molar refractivity (Wildman–Crippen MR) is 121 cm³/mol. The average molecular weight is 476 g/mol. The van der Waals surface area contributed by atoms with Crippen molar-refractivity contribution in [1.82, 2.24) is 0 Å². The molecule has 0 fully saturated rings. The zero-order chi connectivity index (χ0) is 23.5. The molecular formula is C21H18ClN3O6S. The van der Waals surface area contributed by atoms with Crippen molar-refractivity contribution >= 4 is 44.6 Å². The molecule has 2 N–H and O–H groups in total. The molecule has 32 heavy (non-hydrogen) atoms. The van der Waals surface area contributed by atoms with Gasteiger partial charge in [-0.05, 0) is 55.0 Å². The molecule has 0 saturated carbocycles. The number of hydrogen-bond donors (Lipinski definition) is 2. The summed E-state index contributed by atoms with van der Waals surface area (Å²) in [6, 6.07) is 14.0. The van der Waals surface area contributed by atoms with E-state index in [1.165, 1.54) is 43.5 Å². The predicted octanol–water partition coefficient (Wildman–Crippen LogP) is 4.62. The number of carbonyl (C=O) groups excluding carboxylic acids is 1. The van der Waals surface area contributed by atoms with Gasteiger partial charge in [-0.1, -0.05) is 17.7 Å². The van der Waals surface area contributed by atoms with Crippen molar-refractivity contribution in [2.75, 3.05) is 17.1 Å². The Morgan fingerprint density at radius 3 is 2.38 bits per heavy atom. The number of non-ortho nitro benzene ring substituents is 1. The standard InChI is InChI=1S/C21H18ClN3O6S/c1-13-3-10-20(31-2)19(11-13)24-32(29,30)16-7-4-14(5-8-16)23-21(26)17-12-15(25(27)28)6-9-18(17)22/h3-12,24H,1-2H3,(H,23,26). The van der Waals surface area contributed by atoms with Crippen molar-refractivity contribution in [3.8, 4) is 5.75 Å². The van der Waals surface area contributed by atoms with Crippen LogP contribution in [-0.4, -0.2) is 26.4 Å². The molecule has 9 nitrogen and oxygen atoms in total. The summed E-state index contributed by atoms with van der Waals surface area (Å²) in [5.41, 5.74) is 1.07. The summed E-state index contributed by atoms with van der Waals surface area (Å²) in [6.45, 7) is 1.82. The van der Waals surface area contributed by atoms with Gasteiger partial charge < -0.3 is 10.1 Å². The Kier molecular flexibility index (Phi) is 6.66. The number of halogens is 1. The maximum atomic E-state index is 12.7. The van der Waals surface area contributed by atoms with E-state index < -0.39 is 20.9 Å². The van der Waals surface area contributed by atoms with Crippen LogP contribution in [0.15, 0.2) is 65.6 Å². The fraction of sp³-hybridized carbons (Fsp3) is 0.0952. The minimum absolute atomic E-state index is 0.0348. The summed E-state index contributed by atoms with van der Waals surface area (Å²) in [5, 5.41) is 13.5. The summed E-state index contributed by atoms with van der Waals surface area (Å²) in [6.07, 6.45) is 0. The topological polar surface area (TPSA) is 128 Å². The normalized spacial score (nSPS) is 11.0. The van der Waals surface area contributed by atoms with Gasteiger partial charge in [-0.15, -0.1) is 0 Å². The highest BCUT2D eigenvalue weighted by molar-refractivity contribution is 7.92. The van der Waals surface area contributed by atoms with E-state index in [1.807, 2.05) is 6.92 Å². The third-order valence-corrected chi connectivity index (χ3v) is 6.14. The number of nitrogens with zero attached hydrogens (tertiary/aromatic N) is 1. The van der Waals surface area contributed by atoms with Crippen LogP contribution >= 0.6 is 11.6 Å². The second-order valence-electron chi connectivity index (χ2n) is 6.71. The van der Waals surface area contributed by atoms with Crippen LogP contribution in [0.4, 0.5) is 17.1 Å². The van der Waals surface area contributed by atoms with Gasteiger partial charge in [0.25, 0.3) is 21.6 Å². The molecule has 0 heterocycles. The van der Waals surface area contributed by atoms with Crippen molar-refractivity contribution in [3.05, 3.63) is 86.9 Å². The van der Waals surface area contributed by atoms with Crippen molar-refractivity contribution in [2.24, 2.45) is 0 Å². The Labute approximate surface area is 189 Å². The van der Waals surface area contributed by atoms with Gasteiger partial charge in [-0.3, -0.25) is 19.6 Å². The number of carbonyl (C=O) groups is 1. The molecule has 0 aromatic heterocycles. The van der Waals surface area contributed by atoms with Gasteiger partial charge in [0.2, 0.25) is 0 Å². The molecule has 0 aliphatic carbocycles. The Morgan fingerprint density at radius 1 is 1.06 bits per heavy atom. The molecule has 3 aromatic rings. The van der Waals surface area contributed by atoms with E-state index in [2.05, 4.69) is 10.0 Å².